The minimum absolute atomic E-state index is 0.0807. The Balaban J connectivity index is 1.65. The van der Waals surface area contributed by atoms with Gasteiger partial charge in [-0.05, 0) is 25.0 Å². The van der Waals surface area contributed by atoms with Crippen molar-refractivity contribution in [1.82, 2.24) is 19.8 Å². The molecule has 1 aliphatic rings. The van der Waals surface area contributed by atoms with Gasteiger partial charge in [0.2, 0.25) is 5.76 Å². The molecule has 2 aromatic heterocycles. The van der Waals surface area contributed by atoms with Crippen LogP contribution in [0.2, 0.25) is 5.02 Å². The summed E-state index contributed by atoms with van der Waals surface area (Å²) in [6, 6.07) is 7.52. The highest BCUT2D eigenvalue weighted by atomic mass is 35.5. The third-order valence-electron chi connectivity index (χ3n) is 5.01. The number of benzene rings is 1. The van der Waals surface area contributed by atoms with Crippen molar-refractivity contribution < 1.29 is 13.7 Å². The highest BCUT2D eigenvalue weighted by molar-refractivity contribution is 6.31. The summed E-state index contributed by atoms with van der Waals surface area (Å²) in [5.74, 6) is -0.622. The lowest BCUT2D eigenvalue weighted by Crippen LogP contribution is -2.35. The molecule has 1 saturated heterocycles. The van der Waals surface area contributed by atoms with E-state index >= 15 is 0 Å². The molecule has 0 aliphatic carbocycles. The van der Waals surface area contributed by atoms with Crippen molar-refractivity contribution in [3.8, 4) is 11.3 Å². The van der Waals surface area contributed by atoms with Crippen LogP contribution in [0, 0.1) is 5.82 Å². The van der Waals surface area contributed by atoms with Gasteiger partial charge in [0.1, 0.15) is 17.2 Å². The molecule has 0 bridgehead atoms. The Bertz CT molecular complexity index is 1000. The SMILES string of the molecule is Cn1cc(Cl)c([C@@H]2CCCCCN2C(=O)c2cc(-c3ccccc3F)no2)n1. The Kier molecular flexibility index (Phi) is 5.17. The zero-order valence-electron chi connectivity index (χ0n) is 15.4. The van der Waals surface area contributed by atoms with E-state index in [9.17, 15) is 9.18 Å². The summed E-state index contributed by atoms with van der Waals surface area (Å²) in [6.07, 6.45) is 5.41. The Morgan fingerprint density at radius 3 is 2.86 bits per heavy atom. The van der Waals surface area contributed by atoms with Gasteiger partial charge in [0.15, 0.2) is 0 Å². The number of halogens is 2. The van der Waals surface area contributed by atoms with E-state index in [1.54, 1.807) is 41.0 Å². The van der Waals surface area contributed by atoms with Gasteiger partial charge in [-0.25, -0.2) is 4.39 Å². The fourth-order valence-corrected chi connectivity index (χ4v) is 3.96. The number of nitrogens with zero attached hydrogens (tertiary/aromatic N) is 4. The maximum Gasteiger partial charge on any atom is 0.293 e. The van der Waals surface area contributed by atoms with E-state index in [0.29, 0.717) is 28.5 Å². The number of likely N-dealkylation sites (tertiary alicyclic amines) is 1. The molecular weight excluding hydrogens is 383 g/mol. The average molecular weight is 403 g/mol. The lowest BCUT2D eigenvalue weighted by Gasteiger charge is -2.28. The summed E-state index contributed by atoms with van der Waals surface area (Å²) in [6.45, 7) is 0.576. The van der Waals surface area contributed by atoms with Crippen molar-refractivity contribution >= 4 is 17.5 Å². The number of rotatable bonds is 3. The quantitative estimate of drug-likeness (QED) is 0.641. The molecule has 1 atom stereocenters. The molecule has 1 aromatic carbocycles. The molecule has 0 N–H and O–H groups in total. The molecule has 1 aliphatic heterocycles. The standard InChI is InChI=1S/C20H20ClFN4O2/c1-25-12-14(21)19(23-25)17-9-3-2-6-10-26(17)20(27)18-11-16(24-28-18)13-7-4-5-8-15(13)22/h4-5,7-8,11-12,17H,2-3,6,9-10H2,1H3/t17-/m0/s1. The lowest BCUT2D eigenvalue weighted by atomic mass is 10.1. The number of aromatic nitrogens is 3. The van der Waals surface area contributed by atoms with E-state index in [2.05, 4.69) is 10.3 Å². The molecule has 8 heteroatoms. The highest BCUT2D eigenvalue weighted by Gasteiger charge is 2.32. The first kappa shape index (κ1) is 18.7. The van der Waals surface area contributed by atoms with E-state index in [1.165, 1.54) is 12.1 Å². The topological polar surface area (TPSA) is 64.2 Å². The Morgan fingerprint density at radius 2 is 2.11 bits per heavy atom. The minimum Gasteiger partial charge on any atom is -0.350 e. The first-order chi connectivity index (χ1) is 13.5. The van der Waals surface area contributed by atoms with Crippen LogP contribution in [0.3, 0.4) is 0 Å². The predicted molar refractivity (Wildman–Crippen MR) is 102 cm³/mol. The zero-order chi connectivity index (χ0) is 19.7. The average Bonchev–Trinajstić information content (AvgIpc) is 3.20. The van der Waals surface area contributed by atoms with E-state index in [0.717, 1.165) is 25.7 Å². The van der Waals surface area contributed by atoms with E-state index in [-0.39, 0.29) is 17.7 Å². The van der Waals surface area contributed by atoms with Gasteiger partial charge in [-0.1, -0.05) is 41.7 Å². The molecule has 6 nitrogen and oxygen atoms in total. The van der Waals surface area contributed by atoms with Crippen molar-refractivity contribution in [3.63, 3.8) is 0 Å². The van der Waals surface area contributed by atoms with Gasteiger partial charge >= 0.3 is 0 Å². The summed E-state index contributed by atoms with van der Waals surface area (Å²) in [4.78, 5) is 14.9. The van der Waals surface area contributed by atoms with Crippen LogP contribution in [0.25, 0.3) is 11.3 Å². The minimum atomic E-state index is -0.414. The Labute approximate surface area is 166 Å². The summed E-state index contributed by atoms with van der Waals surface area (Å²) in [7, 11) is 1.80. The number of amides is 1. The van der Waals surface area contributed by atoms with E-state index < -0.39 is 5.82 Å². The van der Waals surface area contributed by atoms with Crippen molar-refractivity contribution in [2.24, 2.45) is 7.05 Å². The van der Waals surface area contributed by atoms with Crippen LogP contribution in [0.5, 0.6) is 0 Å². The molecule has 1 amide bonds. The molecule has 3 aromatic rings. The molecule has 0 saturated carbocycles. The molecule has 0 unspecified atom stereocenters. The summed E-state index contributed by atoms with van der Waals surface area (Å²) < 4.78 is 21.0. The second-order valence-electron chi connectivity index (χ2n) is 6.96. The second-order valence-corrected chi connectivity index (χ2v) is 7.36. The monoisotopic (exact) mass is 402 g/mol. The first-order valence-corrected chi connectivity index (χ1v) is 9.64. The molecule has 28 heavy (non-hydrogen) atoms. The largest absolute Gasteiger partial charge is 0.350 e. The molecule has 146 valence electrons. The molecule has 1 fully saturated rings. The van der Waals surface area contributed by atoms with Crippen LogP contribution in [-0.4, -0.2) is 32.3 Å². The van der Waals surface area contributed by atoms with Gasteiger partial charge in [0.25, 0.3) is 5.91 Å². The van der Waals surface area contributed by atoms with Crippen LogP contribution >= 0.6 is 11.6 Å². The second kappa shape index (κ2) is 7.75. The first-order valence-electron chi connectivity index (χ1n) is 9.26. The summed E-state index contributed by atoms with van der Waals surface area (Å²) in [5.41, 5.74) is 1.28. The van der Waals surface area contributed by atoms with Gasteiger partial charge < -0.3 is 9.42 Å². The lowest BCUT2D eigenvalue weighted by molar-refractivity contribution is 0.0634. The van der Waals surface area contributed by atoms with E-state index in [1.807, 2.05) is 0 Å². The van der Waals surface area contributed by atoms with Gasteiger partial charge in [0, 0.05) is 31.4 Å². The fourth-order valence-electron chi connectivity index (χ4n) is 3.65. The number of hydrogen-bond acceptors (Lipinski definition) is 4. The molecule has 3 heterocycles. The van der Waals surface area contributed by atoms with Crippen LogP contribution in [-0.2, 0) is 7.05 Å². The normalized spacial score (nSPS) is 17.5. The fraction of sp³-hybridized carbons (Fsp3) is 0.350. The van der Waals surface area contributed by atoms with Crippen molar-refractivity contribution in [3.05, 3.63) is 58.8 Å². The Morgan fingerprint density at radius 1 is 1.29 bits per heavy atom. The summed E-state index contributed by atoms with van der Waals surface area (Å²) >= 11 is 6.35. The maximum absolute atomic E-state index is 14.0. The summed E-state index contributed by atoms with van der Waals surface area (Å²) in [5, 5.41) is 8.90. The third-order valence-corrected chi connectivity index (χ3v) is 5.30. The third kappa shape index (κ3) is 3.54. The molecular formula is C20H20ClFN4O2. The van der Waals surface area contributed by atoms with Gasteiger partial charge in [-0.2, -0.15) is 5.10 Å². The number of aryl methyl sites for hydroxylation is 1. The van der Waals surface area contributed by atoms with Gasteiger partial charge in [0.05, 0.1) is 11.1 Å². The van der Waals surface area contributed by atoms with Crippen LogP contribution in [0.1, 0.15) is 48.0 Å². The maximum atomic E-state index is 14.0. The highest BCUT2D eigenvalue weighted by Crippen LogP contribution is 2.34. The van der Waals surface area contributed by atoms with E-state index in [4.69, 9.17) is 16.1 Å². The number of carbonyl (C=O) groups is 1. The number of hydrogen-bond donors (Lipinski definition) is 0. The van der Waals surface area contributed by atoms with Crippen LogP contribution < -0.4 is 0 Å². The van der Waals surface area contributed by atoms with Crippen LogP contribution in [0.15, 0.2) is 41.1 Å². The van der Waals surface area contributed by atoms with Gasteiger partial charge in [-0.3, -0.25) is 9.48 Å². The molecule has 4 rings (SSSR count). The van der Waals surface area contributed by atoms with Crippen molar-refractivity contribution in [1.29, 1.82) is 0 Å². The van der Waals surface area contributed by atoms with Crippen molar-refractivity contribution in [2.75, 3.05) is 6.54 Å². The van der Waals surface area contributed by atoms with Crippen LogP contribution in [0.4, 0.5) is 4.39 Å². The number of carbonyl (C=O) groups excluding carboxylic acids is 1. The molecule has 0 radical (unpaired) electrons. The predicted octanol–water partition coefficient (Wildman–Crippen LogP) is 4.63. The smallest absolute Gasteiger partial charge is 0.293 e. The molecule has 0 spiro atoms. The van der Waals surface area contributed by atoms with Gasteiger partial charge in [-0.15, -0.1) is 0 Å². The Hall–Kier alpha value is -2.67. The van der Waals surface area contributed by atoms with Crippen molar-refractivity contribution in [2.45, 2.75) is 31.7 Å². The zero-order valence-corrected chi connectivity index (χ0v) is 16.2.